The van der Waals surface area contributed by atoms with Crippen LogP contribution in [0.15, 0.2) is 48.5 Å². The lowest BCUT2D eigenvalue weighted by atomic mass is 9.82. The van der Waals surface area contributed by atoms with Gasteiger partial charge < -0.3 is 9.47 Å². The summed E-state index contributed by atoms with van der Waals surface area (Å²) in [6, 6.07) is 14.4. The number of hydrogen-bond donors (Lipinski definition) is 2. The quantitative estimate of drug-likeness (QED) is 0.734. The summed E-state index contributed by atoms with van der Waals surface area (Å²) in [5, 5.41) is 0. The lowest BCUT2D eigenvalue weighted by Gasteiger charge is -2.23. The molecule has 2 aromatic rings. The number of amides is 2. The van der Waals surface area contributed by atoms with E-state index < -0.39 is 11.8 Å². The monoisotopic (exact) mass is 370 g/mol. The molecule has 0 heterocycles. The topological polar surface area (TPSA) is 76.7 Å². The molecule has 2 aromatic carbocycles. The zero-order chi connectivity index (χ0) is 19.9. The molecule has 27 heavy (non-hydrogen) atoms. The number of hydrazine groups is 1. The zero-order valence-corrected chi connectivity index (χ0v) is 16.2. The minimum atomic E-state index is -0.466. The van der Waals surface area contributed by atoms with Crippen LogP contribution in [0.4, 0.5) is 0 Å². The van der Waals surface area contributed by atoms with E-state index in [0.29, 0.717) is 17.1 Å². The van der Waals surface area contributed by atoms with Gasteiger partial charge in [-0.1, -0.05) is 45.0 Å². The molecular weight excluding hydrogens is 344 g/mol. The molecule has 6 heteroatoms. The number of carbonyl (C=O) groups is 2. The lowest BCUT2D eigenvalue weighted by molar-refractivity contribution is -0.123. The SMILES string of the molecule is CCC(C)(C)c1ccc(OCC(=O)NNC(=O)c2ccccc2OC)cc1. The van der Waals surface area contributed by atoms with Gasteiger partial charge in [-0.05, 0) is 41.7 Å². The fourth-order valence-electron chi connectivity index (χ4n) is 2.42. The van der Waals surface area contributed by atoms with Crippen LogP contribution in [-0.2, 0) is 10.2 Å². The summed E-state index contributed by atoms with van der Waals surface area (Å²) in [4.78, 5) is 24.0. The number of carbonyl (C=O) groups excluding carboxylic acids is 2. The first-order valence-electron chi connectivity index (χ1n) is 8.83. The summed E-state index contributed by atoms with van der Waals surface area (Å²) in [6.07, 6.45) is 1.03. The maximum Gasteiger partial charge on any atom is 0.276 e. The van der Waals surface area contributed by atoms with E-state index in [1.54, 1.807) is 24.3 Å². The van der Waals surface area contributed by atoms with E-state index in [-0.39, 0.29) is 12.0 Å². The second-order valence-corrected chi connectivity index (χ2v) is 6.75. The molecule has 0 saturated heterocycles. The van der Waals surface area contributed by atoms with Crippen LogP contribution in [0.1, 0.15) is 43.1 Å². The van der Waals surface area contributed by atoms with Gasteiger partial charge in [0.2, 0.25) is 0 Å². The molecule has 2 amide bonds. The molecule has 0 radical (unpaired) electrons. The Morgan fingerprint density at radius 3 is 2.30 bits per heavy atom. The van der Waals surface area contributed by atoms with Crippen LogP contribution in [-0.4, -0.2) is 25.5 Å². The molecule has 144 valence electrons. The first kappa shape index (κ1) is 20.3. The molecule has 2 N–H and O–H groups in total. The van der Waals surface area contributed by atoms with Crippen molar-refractivity contribution in [1.29, 1.82) is 0 Å². The van der Waals surface area contributed by atoms with Crippen LogP contribution in [0.25, 0.3) is 0 Å². The van der Waals surface area contributed by atoms with Gasteiger partial charge in [-0.3, -0.25) is 20.4 Å². The summed E-state index contributed by atoms with van der Waals surface area (Å²) in [5.74, 6) is 0.0932. The summed E-state index contributed by atoms with van der Waals surface area (Å²) in [5.41, 5.74) is 6.31. The van der Waals surface area contributed by atoms with E-state index in [9.17, 15) is 9.59 Å². The third-order valence-corrected chi connectivity index (χ3v) is 4.56. The van der Waals surface area contributed by atoms with Gasteiger partial charge in [0.15, 0.2) is 6.61 Å². The van der Waals surface area contributed by atoms with Gasteiger partial charge in [0.1, 0.15) is 11.5 Å². The van der Waals surface area contributed by atoms with Crippen LogP contribution >= 0.6 is 0 Å². The summed E-state index contributed by atoms with van der Waals surface area (Å²) in [7, 11) is 1.48. The van der Waals surface area contributed by atoms with Gasteiger partial charge >= 0.3 is 0 Å². The molecular formula is C21H26N2O4. The third-order valence-electron chi connectivity index (χ3n) is 4.56. The highest BCUT2D eigenvalue weighted by molar-refractivity contribution is 5.97. The Balaban J connectivity index is 1.83. The maximum atomic E-state index is 12.1. The largest absolute Gasteiger partial charge is 0.496 e. The Bertz CT molecular complexity index is 785. The molecule has 0 fully saturated rings. The number of hydrogen-bond acceptors (Lipinski definition) is 4. The number of para-hydroxylation sites is 1. The fraction of sp³-hybridized carbons (Fsp3) is 0.333. The normalized spacial score (nSPS) is 10.8. The standard InChI is InChI=1S/C21H26N2O4/c1-5-21(2,3)15-10-12-16(13-11-15)27-14-19(24)22-23-20(25)17-8-6-7-9-18(17)26-4/h6-13H,5,14H2,1-4H3,(H,22,24)(H,23,25). The maximum absolute atomic E-state index is 12.1. The molecule has 0 bridgehead atoms. The molecule has 0 aliphatic carbocycles. The van der Waals surface area contributed by atoms with E-state index in [4.69, 9.17) is 9.47 Å². The molecule has 0 unspecified atom stereocenters. The van der Waals surface area contributed by atoms with E-state index in [0.717, 1.165) is 6.42 Å². The molecule has 2 rings (SSSR count). The van der Waals surface area contributed by atoms with Gasteiger partial charge in [-0.25, -0.2) is 0 Å². The van der Waals surface area contributed by atoms with Gasteiger partial charge in [0, 0.05) is 0 Å². The minimum absolute atomic E-state index is 0.0959. The second kappa shape index (κ2) is 9.07. The smallest absolute Gasteiger partial charge is 0.276 e. The third kappa shape index (κ3) is 5.48. The zero-order valence-electron chi connectivity index (χ0n) is 16.2. The van der Waals surface area contributed by atoms with Crippen molar-refractivity contribution < 1.29 is 19.1 Å². The molecule has 0 aliphatic rings. The van der Waals surface area contributed by atoms with E-state index in [1.165, 1.54) is 12.7 Å². The van der Waals surface area contributed by atoms with Crippen molar-refractivity contribution in [2.75, 3.05) is 13.7 Å². The highest BCUT2D eigenvalue weighted by atomic mass is 16.5. The van der Waals surface area contributed by atoms with Gasteiger partial charge in [-0.15, -0.1) is 0 Å². The van der Waals surface area contributed by atoms with Crippen molar-refractivity contribution in [2.24, 2.45) is 0 Å². The number of ether oxygens (including phenoxy) is 2. The first-order chi connectivity index (χ1) is 12.9. The van der Waals surface area contributed by atoms with Gasteiger partial charge in [-0.2, -0.15) is 0 Å². The molecule has 0 aliphatic heterocycles. The predicted molar refractivity (Wildman–Crippen MR) is 104 cm³/mol. The summed E-state index contributed by atoms with van der Waals surface area (Å²) >= 11 is 0. The molecule has 0 aromatic heterocycles. The van der Waals surface area contributed by atoms with Crippen molar-refractivity contribution in [3.8, 4) is 11.5 Å². The molecule has 0 saturated carbocycles. The predicted octanol–water partition coefficient (Wildman–Crippen LogP) is 3.22. The van der Waals surface area contributed by atoms with E-state index >= 15 is 0 Å². The van der Waals surface area contributed by atoms with Gasteiger partial charge in [0.05, 0.1) is 12.7 Å². The molecule has 6 nitrogen and oxygen atoms in total. The van der Waals surface area contributed by atoms with Crippen molar-refractivity contribution >= 4 is 11.8 Å². The number of nitrogens with one attached hydrogen (secondary N) is 2. The Labute approximate surface area is 159 Å². The number of methoxy groups -OCH3 is 1. The lowest BCUT2D eigenvalue weighted by Crippen LogP contribution is -2.43. The Hall–Kier alpha value is -3.02. The van der Waals surface area contributed by atoms with Crippen LogP contribution in [0.5, 0.6) is 11.5 Å². The summed E-state index contributed by atoms with van der Waals surface area (Å²) in [6.45, 7) is 6.30. The first-order valence-corrected chi connectivity index (χ1v) is 8.83. The molecule has 0 atom stereocenters. The highest BCUT2D eigenvalue weighted by Gasteiger charge is 2.17. The van der Waals surface area contributed by atoms with Crippen LogP contribution in [0.3, 0.4) is 0 Å². The van der Waals surface area contributed by atoms with Gasteiger partial charge in [0.25, 0.3) is 11.8 Å². The van der Waals surface area contributed by atoms with Crippen LogP contribution in [0.2, 0.25) is 0 Å². The van der Waals surface area contributed by atoms with Crippen molar-refractivity contribution in [3.05, 3.63) is 59.7 Å². The minimum Gasteiger partial charge on any atom is -0.496 e. The fourth-order valence-corrected chi connectivity index (χ4v) is 2.42. The van der Waals surface area contributed by atoms with Crippen molar-refractivity contribution in [2.45, 2.75) is 32.6 Å². The van der Waals surface area contributed by atoms with Crippen LogP contribution in [0, 0.1) is 0 Å². The Morgan fingerprint density at radius 2 is 1.67 bits per heavy atom. The average molecular weight is 370 g/mol. The number of benzene rings is 2. The second-order valence-electron chi connectivity index (χ2n) is 6.75. The Morgan fingerprint density at radius 1 is 1.00 bits per heavy atom. The highest BCUT2D eigenvalue weighted by Crippen LogP contribution is 2.28. The van der Waals surface area contributed by atoms with Crippen molar-refractivity contribution in [3.63, 3.8) is 0 Å². The number of rotatable bonds is 7. The van der Waals surface area contributed by atoms with E-state index in [2.05, 4.69) is 31.6 Å². The van der Waals surface area contributed by atoms with E-state index in [1.807, 2.05) is 24.3 Å². The molecule has 0 spiro atoms. The summed E-state index contributed by atoms with van der Waals surface area (Å²) < 4.78 is 10.6. The average Bonchev–Trinajstić information content (AvgIpc) is 2.70. The van der Waals surface area contributed by atoms with Crippen molar-refractivity contribution in [1.82, 2.24) is 10.9 Å². The Kier molecular flexibility index (Phi) is 6.82. The van der Waals surface area contributed by atoms with Crippen LogP contribution < -0.4 is 20.3 Å².